The molecule has 0 saturated heterocycles. The predicted octanol–water partition coefficient (Wildman–Crippen LogP) is 1.68. The molecule has 0 aromatic heterocycles. The van der Waals surface area contributed by atoms with Crippen LogP contribution in [0.5, 0.6) is 0 Å². The first-order valence-corrected chi connectivity index (χ1v) is 5.28. The van der Waals surface area contributed by atoms with E-state index in [-0.39, 0.29) is 5.96 Å². The molecule has 92 valence electrons. The molecule has 1 aromatic rings. The van der Waals surface area contributed by atoms with Gasteiger partial charge in [0.1, 0.15) is 0 Å². The highest BCUT2D eigenvalue weighted by atomic mass is 16.2. The van der Waals surface area contributed by atoms with Crippen molar-refractivity contribution >= 4 is 17.7 Å². The summed E-state index contributed by atoms with van der Waals surface area (Å²) in [4.78, 5) is 13.8. The van der Waals surface area contributed by atoms with Gasteiger partial charge in [-0.1, -0.05) is 18.2 Å². The van der Waals surface area contributed by atoms with E-state index in [1.165, 1.54) is 7.05 Å². The van der Waals surface area contributed by atoms with E-state index in [1.807, 2.05) is 32.0 Å². The summed E-state index contributed by atoms with van der Waals surface area (Å²) in [6, 6.07) is 5.25. The van der Waals surface area contributed by atoms with Crippen LogP contribution in [0.3, 0.4) is 0 Å². The predicted molar refractivity (Wildman–Crippen MR) is 69.4 cm³/mol. The van der Waals surface area contributed by atoms with Crippen LogP contribution in [0.25, 0.3) is 0 Å². The fraction of sp³-hybridized carbons (Fsp3) is 0.333. The number of benzene rings is 1. The van der Waals surface area contributed by atoms with Crippen molar-refractivity contribution in [2.75, 3.05) is 19.0 Å². The van der Waals surface area contributed by atoms with Crippen molar-refractivity contribution in [1.29, 1.82) is 5.41 Å². The quantitative estimate of drug-likeness (QED) is 0.573. The molecule has 5 heteroatoms. The normalized spacial score (nSPS) is 9.88. The fourth-order valence-corrected chi connectivity index (χ4v) is 1.77. The number of anilines is 1. The lowest BCUT2D eigenvalue weighted by molar-refractivity contribution is 0.235. The van der Waals surface area contributed by atoms with Crippen molar-refractivity contribution in [2.45, 2.75) is 13.8 Å². The molecule has 0 fully saturated rings. The Morgan fingerprint density at radius 3 is 2.12 bits per heavy atom. The molecule has 0 radical (unpaired) electrons. The molecule has 0 aliphatic heterocycles. The Balaban J connectivity index is 3.09. The first-order valence-electron chi connectivity index (χ1n) is 5.28. The number of aryl methyl sites for hydroxylation is 2. The van der Waals surface area contributed by atoms with Gasteiger partial charge in [-0.05, 0) is 25.0 Å². The average Bonchev–Trinajstić information content (AvgIpc) is 2.26. The smallest absolute Gasteiger partial charge is 0.321 e. The van der Waals surface area contributed by atoms with E-state index >= 15 is 0 Å². The number of amides is 2. The number of rotatable bonds is 1. The third kappa shape index (κ3) is 2.55. The van der Waals surface area contributed by atoms with E-state index in [1.54, 1.807) is 11.9 Å². The number of para-hydroxylation sites is 1. The van der Waals surface area contributed by atoms with Crippen LogP contribution in [0.2, 0.25) is 0 Å². The summed E-state index contributed by atoms with van der Waals surface area (Å²) >= 11 is 0. The standard InChI is InChI=1S/C12H18N4O/c1-8-6-5-7-9(2)10(8)15(3)11(13)16(4)12(14)17/h5-7,13H,1-4H3,(H2,14,17). The topological polar surface area (TPSA) is 73.4 Å². The summed E-state index contributed by atoms with van der Waals surface area (Å²) in [5.41, 5.74) is 8.17. The second-order valence-electron chi connectivity index (χ2n) is 4.02. The van der Waals surface area contributed by atoms with Crippen LogP contribution in [0.1, 0.15) is 11.1 Å². The SMILES string of the molecule is Cc1cccc(C)c1N(C)C(=N)N(C)C(N)=O. The van der Waals surface area contributed by atoms with E-state index in [2.05, 4.69) is 0 Å². The zero-order valence-electron chi connectivity index (χ0n) is 10.6. The van der Waals surface area contributed by atoms with Crippen LogP contribution in [0, 0.1) is 19.3 Å². The number of carbonyl (C=O) groups excluding carboxylic acids is 1. The molecule has 1 aromatic carbocycles. The maximum atomic E-state index is 11.0. The number of nitrogens with zero attached hydrogens (tertiary/aromatic N) is 2. The Bertz CT molecular complexity index is 436. The lowest BCUT2D eigenvalue weighted by atomic mass is 10.1. The van der Waals surface area contributed by atoms with E-state index in [0.717, 1.165) is 21.7 Å². The fourth-order valence-electron chi connectivity index (χ4n) is 1.77. The second kappa shape index (κ2) is 4.86. The average molecular weight is 234 g/mol. The molecule has 0 aliphatic carbocycles. The Kier molecular flexibility index (Phi) is 3.73. The van der Waals surface area contributed by atoms with Gasteiger partial charge in [0.15, 0.2) is 0 Å². The van der Waals surface area contributed by atoms with Crippen LogP contribution in [-0.2, 0) is 0 Å². The Morgan fingerprint density at radius 1 is 1.24 bits per heavy atom. The molecule has 0 atom stereocenters. The molecule has 3 N–H and O–H groups in total. The summed E-state index contributed by atoms with van der Waals surface area (Å²) < 4.78 is 0. The zero-order chi connectivity index (χ0) is 13.2. The summed E-state index contributed by atoms with van der Waals surface area (Å²) in [5.74, 6) is 0.0508. The van der Waals surface area contributed by atoms with Gasteiger partial charge in [0.05, 0.1) is 0 Å². The highest BCUT2D eigenvalue weighted by Gasteiger charge is 2.18. The highest BCUT2D eigenvalue weighted by molar-refractivity contribution is 6.03. The van der Waals surface area contributed by atoms with Gasteiger partial charge in [-0.3, -0.25) is 10.3 Å². The summed E-state index contributed by atoms with van der Waals surface area (Å²) in [7, 11) is 3.23. The van der Waals surface area contributed by atoms with E-state index in [0.29, 0.717) is 0 Å². The summed E-state index contributed by atoms with van der Waals surface area (Å²) in [6.07, 6.45) is 0. The first-order chi connectivity index (χ1) is 7.86. The number of primary amides is 1. The number of guanidine groups is 1. The van der Waals surface area contributed by atoms with Crippen molar-refractivity contribution in [1.82, 2.24) is 4.90 Å². The van der Waals surface area contributed by atoms with Gasteiger partial charge in [0, 0.05) is 19.8 Å². The molecule has 0 unspecified atom stereocenters. The lowest BCUT2D eigenvalue weighted by Gasteiger charge is -2.28. The maximum Gasteiger partial charge on any atom is 0.321 e. The maximum absolute atomic E-state index is 11.0. The van der Waals surface area contributed by atoms with Crippen LogP contribution in [0.15, 0.2) is 18.2 Å². The van der Waals surface area contributed by atoms with Gasteiger partial charge < -0.3 is 10.6 Å². The minimum absolute atomic E-state index is 0.0508. The van der Waals surface area contributed by atoms with Crippen LogP contribution >= 0.6 is 0 Å². The van der Waals surface area contributed by atoms with Crippen LogP contribution < -0.4 is 10.6 Å². The molecule has 0 aliphatic rings. The van der Waals surface area contributed by atoms with Crippen molar-refractivity contribution in [3.05, 3.63) is 29.3 Å². The Hall–Kier alpha value is -2.04. The molecule has 5 nitrogen and oxygen atoms in total. The molecule has 17 heavy (non-hydrogen) atoms. The zero-order valence-corrected chi connectivity index (χ0v) is 10.6. The molecule has 1 rings (SSSR count). The van der Waals surface area contributed by atoms with Crippen molar-refractivity contribution < 1.29 is 4.79 Å². The van der Waals surface area contributed by atoms with Crippen molar-refractivity contribution in [2.24, 2.45) is 5.73 Å². The number of hydrogen-bond donors (Lipinski definition) is 2. The van der Waals surface area contributed by atoms with Gasteiger partial charge in [-0.25, -0.2) is 4.79 Å². The molecular weight excluding hydrogens is 216 g/mol. The van der Waals surface area contributed by atoms with Gasteiger partial charge in [0.25, 0.3) is 0 Å². The number of hydrogen-bond acceptors (Lipinski definition) is 2. The van der Waals surface area contributed by atoms with Crippen molar-refractivity contribution in [3.63, 3.8) is 0 Å². The van der Waals surface area contributed by atoms with Crippen LogP contribution in [0.4, 0.5) is 10.5 Å². The summed E-state index contributed by atoms with van der Waals surface area (Å²) in [5, 5.41) is 7.91. The monoisotopic (exact) mass is 234 g/mol. The number of nitrogens with two attached hydrogens (primary N) is 1. The van der Waals surface area contributed by atoms with Gasteiger partial charge in [0.2, 0.25) is 5.96 Å². The van der Waals surface area contributed by atoms with Crippen molar-refractivity contribution in [3.8, 4) is 0 Å². The minimum atomic E-state index is -0.645. The minimum Gasteiger partial charge on any atom is -0.351 e. The molecule has 0 spiro atoms. The second-order valence-corrected chi connectivity index (χ2v) is 4.02. The van der Waals surface area contributed by atoms with E-state index in [9.17, 15) is 4.79 Å². The van der Waals surface area contributed by atoms with Gasteiger partial charge in [-0.15, -0.1) is 0 Å². The largest absolute Gasteiger partial charge is 0.351 e. The summed E-state index contributed by atoms with van der Waals surface area (Å²) in [6.45, 7) is 3.94. The number of urea groups is 1. The third-order valence-corrected chi connectivity index (χ3v) is 2.74. The molecule has 0 bridgehead atoms. The van der Waals surface area contributed by atoms with Crippen LogP contribution in [-0.4, -0.2) is 31.0 Å². The Morgan fingerprint density at radius 2 is 1.71 bits per heavy atom. The molecule has 0 heterocycles. The third-order valence-electron chi connectivity index (χ3n) is 2.74. The van der Waals surface area contributed by atoms with E-state index in [4.69, 9.17) is 11.1 Å². The molecule has 2 amide bonds. The highest BCUT2D eigenvalue weighted by Crippen LogP contribution is 2.23. The molecule has 0 saturated carbocycles. The van der Waals surface area contributed by atoms with E-state index < -0.39 is 6.03 Å². The first kappa shape index (κ1) is 13.0. The molecular formula is C12H18N4O. The van der Waals surface area contributed by atoms with Gasteiger partial charge in [-0.2, -0.15) is 0 Å². The Labute approximate surface area is 101 Å². The number of nitrogens with one attached hydrogen (secondary N) is 1. The lowest BCUT2D eigenvalue weighted by Crippen LogP contribution is -2.45. The van der Waals surface area contributed by atoms with Gasteiger partial charge >= 0.3 is 6.03 Å². The number of carbonyl (C=O) groups is 1.